The molecule has 0 N–H and O–H groups in total. The minimum absolute atomic E-state index is 0.154. The first kappa shape index (κ1) is 22.2. The van der Waals surface area contributed by atoms with E-state index in [9.17, 15) is 18.0 Å². The highest BCUT2D eigenvalue weighted by Gasteiger charge is 2.32. The second kappa shape index (κ2) is 8.71. The molecule has 0 unspecified atom stereocenters. The van der Waals surface area contributed by atoms with E-state index in [0.29, 0.717) is 29.2 Å². The van der Waals surface area contributed by atoms with Gasteiger partial charge in [0.25, 0.3) is 5.91 Å². The number of hydrogen-bond acceptors (Lipinski definition) is 5. The number of anilines is 1. The second-order valence-electron chi connectivity index (χ2n) is 7.12. The zero-order chi connectivity index (χ0) is 22.1. The quantitative estimate of drug-likeness (QED) is 0.660. The van der Waals surface area contributed by atoms with Crippen LogP contribution in [0.3, 0.4) is 0 Å². The van der Waals surface area contributed by atoms with Crippen LogP contribution in [0.4, 0.5) is 5.69 Å². The van der Waals surface area contributed by atoms with Gasteiger partial charge in [0, 0.05) is 54.2 Å². The number of carbonyl (C=O) groups is 2. The fraction of sp³-hybridized carbons (Fsp3) is 0.333. The van der Waals surface area contributed by atoms with E-state index in [1.54, 1.807) is 42.3 Å². The summed E-state index contributed by atoms with van der Waals surface area (Å²) in [5.74, 6) is -0.388. The van der Waals surface area contributed by atoms with E-state index in [1.165, 1.54) is 26.6 Å². The van der Waals surface area contributed by atoms with Crippen molar-refractivity contribution in [3.05, 3.63) is 58.3 Å². The van der Waals surface area contributed by atoms with Crippen LogP contribution in [-0.2, 0) is 14.8 Å². The Labute approximate surface area is 181 Å². The SMILES string of the molecule is C=CC(=O)N(C)c1ccc(C(=O)N2CCN(S(=O)(=O)c3cc(C)sc3C)CC2)cc1. The van der Waals surface area contributed by atoms with Gasteiger partial charge >= 0.3 is 0 Å². The van der Waals surface area contributed by atoms with Crippen LogP contribution in [0.2, 0.25) is 0 Å². The average Bonchev–Trinajstić information content (AvgIpc) is 3.11. The molecule has 2 heterocycles. The molecule has 0 saturated carbocycles. The van der Waals surface area contributed by atoms with E-state index >= 15 is 0 Å². The lowest BCUT2D eigenvalue weighted by Crippen LogP contribution is -2.50. The number of amides is 2. The van der Waals surface area contributed by atoms with E-state index in [2.05, 4.69) is 6.58 Å². The van der Waals surface area contributed by atoms with Crippen molar-refractivity contribution in [3.8, 4) is 0 Å². The highest BCUT2D eigenvalue weighted by Crippen LogP contribution is 2.28. The van der Waals surface area contributed by atoms with Crippen molar-refractivity contribution >= 4 is 38.9 Å². The summed E-state index contributed by atoms with van der Waals surface area (Å²) in [6.07, 6.45) is 1.23. The molecule has 0 spiro atoms. The zero-order valence-corrected chi connectivity index (χ0v) is 18.9. The van der Waals surface area contributed by atoms with Gasteiger partial charge in [-0.1, -0.05) is 6.58 Å². The fourth-order valence-electron chi connectivity index (χ4n) is 3.41. The van der Waals surface area contributed by atoms with Crippen LogP contribution in [0.5, 0.6) is 0 Å². The fourth-order valence-corrected chi connectivity index (χ4v) is 6.35. The van der Waals surface area contributed by atoms with Gasteiger partial charge in [0.05, 0.1) is 4.90 Å². The van der Waals surface area contributed by atoms with E-state index < -0.39 is 10.0 Å². The highest BCUT2D eigenvalue weighted by molar-refractivity contribution is 7.89. The Kier molecular flexibility index (Phi) is 6.44. The summed E-state index contributed by atoms with van der Waals surface area (Å²) in [6, 6.07) is 8.47. The number of likely N-dealkylation sites (N-methyl/N-ethyl adjacent to an activating group) is 1. The molecule has 0 radical (unpaired) electrons. The normalized spacial score (nSPS) is 15.1. The third kappa shape index (κ3) is 4.33. The predicted octanol–water partition coefficient (Wildman–Crippen LogP) is 2.66. The summed E-state index contributed by atoms with van der Waals surface area (Å²) in [7, 11) is -1.92. The molecule has 9 heteroatoms. The molecule has 160 valence electrons. The van der Waals surface area contributed by atoms with Crippen LogP contribution in [0.25, 0.3) is 0 Å². The largest absolute Gasteiger partial charge is 0.336 e. The maximum absolute atomic E-state index is 12.9. The van der Waals surface area contributed by atoms with Gasteiger partial charge in [0.1, 0.15) is 0 Å². The molecule has 3 rings (SSSR count). The number of thiophene rings is 1. The Morgan fingerprint density at radius 2 is 1.70 bits per heavy atom. The van der Waals surface area contributed by atoms with E-state index in [0.717, 1.165) is 9.75 Å². The van der Waals surface area contributed by atoms with Crippen molar-refractivity contribution in [2.24, 2.45) is 0 Å². The number of carbonyl (C=O) groups excluding carboxylic acids is 2. The van der Waals surface area contributed by atoms with Crippen molar-refractivity contribution in [1.82, 2.24) is 9.21 Å². The van der Waals surface area contributed by atoms with Crippen molar-refractivity contribution in [2.45, 2.75) is 18.7 Å². The van der Waals surface area contributed by atoms with Gasteiger partial charge < -0.3 is 9.80 Å². The molecular formula is C21H25N3O4S2. The minimum Gasteiger partial charge on any atom is -0.336 e. The molecule has 1 aromatic heterocycles. The van der Waals surface area contributed by atoms with Crippen LogP contribution in [-0.4, -0.2) is 62.7 Å². The predicted molar refractivity (Wildman–Crippen MR) is 119 cm³/mol. The summed E-state index contributed by atoms with van der Waals surface area (Å²) in [6.45, 7) is 8.35. The van der Waals surface area contributed by atoms with Crippen LogP contribution in [0.1, 0.15) is 20.1 Å². The van der Waals surface area contributed by atoms with Crippen molar-refractivity contribution < 1.29 is 18.0 Å². The first-order valence-corrected chi connectivity index (χ1v) is 11.8. The van der Waals surface area contributed by atoms with Gasteiger partial charge in [-0.3, -0.25) is 9.59 Å². The Morgan fingerprint density at radius 3 is 2.20 bits per heavy atom. The third-order valence-electron chi connectivity index (χ3n) is 5.15. The molecule has 1 fully saturated rings. The van der Waals surface area contributed by atoms with Gasteiger partial charge in [0.2, 0.25) is 15.9 Å². The Hall–Kier alpha value is -2.49. The lowest BCUT2D eigenvalue weighted by atomic mass is 10.1. The Bertz CT molecular complexity index is 1070. The molecule has 7 nitrogen and oxygen atoms in total. The molecule has 2 aromatic rings. The van der Waals surface area contributed by atoms with E-state index in [4.69, 9.17) is 0 Å². The molecule has 0 atom stereocenters. The molecule has 1 saturated heterocycles. The topological polar surface area (TPSA) is 78.0 Å². The summed E-state index contributed by atoms with van der Waals surface area (Å²) in [5.41, 5.74) is 1.16. The molecule has 2 amide bonds. The lowest BCUT2D eigenvalue weighted by molar-refractivity contribution is -0.113. The smallest absolute Gasteiger partial charge is 0.253 e. The van der Waals surface area contributed by atoms with Gasteiger partial charge in [-0.15, -0.1) is 11.3 Å². The molecule has 0 aliphatic carbocycles. The van der Waals surface area contributed by atoms with Gasteiger partial charge in [-0.05, 0) is 50.3 Å². The first-order valence-electron chi connectivity index (χ1n) is 9.52. The number of rotatable bonds is 5. The summed E-state index contributed by atoms with van der Waals surface area (Å²) in [4.78, 5) is 29.7. The molecule has 0 bridgehead atoms. The molecule has 1 aliphatic heterocycles. The number of benzene rings is 1. The van der Waals surface area contributed by atoms with Crippen LogP contribution in [0, 0.1) is 13.8 Å². The average molecular weight is 448 g/mol. The van der Waals surface area contributed by atoms with Gasteiger partial charge in [0.15, 0.2) is 0 Å². The van der Waals surface area contributed by atoms with Crippen LogP contribution >= 0.6 is 11.3 Å². The zero-order valence-electron chi connectivity index (χ0n) is 17.3. The van der Waals surface area contributed by atoms with Crippen LogP contribution in [0.15, 0.2) is 47.9 Å². The van der Waals surface area contributed by atoms with Crippen LogP contribution < -0.4 is 4.90 Å². The number of sulfonamides is 1. The monoisotopic (exact) mass is 447 g/mol. The van der Waals surface area contributed by atoms with E-state index in [-0.39, 0.29) is 24.9 Å². The maximum Gasteiger partial charge on any atom is 0.253 e. The summed E-state index contributed by atoms with van der Waals surface area (Å²) in [5, 5.41) is 0. The van der Waals surface area contributed by atoms with Gasteiger partial charge in [-0.25, -0.2) is 8.42 Å². The molecule has 1 aliphatic rings. The standard InChI is InChI=1S/C21H25N3O4S2/c1-5-20(25)22(4)18-8-6-17(7-9-18)21(26)23-10-12-24(13-11-23)30(27,28)19-14-15(2)29-16(19)3/h5-9,14H,1,10-13H2,2-4H3. The Balaban J connectivity index is 1.66. The summed E-state index contributed by atoms with van der Waals surface area (Å²) < 4.78 is 27.3. The number of hydrogen-bond donors (Lipinski definition) is 0. The van der Waals surface area contributed by atoms with Crippen molar-refractivity contribution in [1.29, 1.82) is 0 Å². The summed E-state index contributed by atoms with van der Waals surface area (Å²) >= 11 is 1.47. The van der Waals surface area contributed by atoms with E-state index in [1.807, 2.05) is 13.8 Å². The second-order valence-corrected chi connectivity index (χ2v) is 10.5. The lowest BCUT2D eigenvalue weighted by Gasteiger charge is -2.34. The molecule has 30 heavy (non-hydrogen) atoms. The number of nitrogens with zero attached hydrogens (tertiary/aromatic N) is 3. The first-order chi connectivity index (χ1) is 14.1. The maximum atomic E-state index is 12.9. The van der Waals surface area contributed by atoms with Crippen molar-refractivity contribution in [2.75, 3.05) is 38.1 Å². The van der Waals surface area contributed by atoms with Crippen molar-refractivity contribution in [3.63, 3.8) is 0 Å². The third-order valence-corrected chi connectivity index (χ3v) is 8.27. The molecular weight excluding hydrogens is 422 g/mol. The highest BCUT2D eigenvalue weighted by atomic mass is 32.2. The Morgan fingerprint density at radius 1 is 1.10 bits per heavy atom. The number of piperazine rings is 1. The number of aryl methyl sites for hydroxylation is 2. The van der Waals surface area contributed by atoms with Gasteiger partial charge in [-0.2, -0.15) is 4.31 Å². The minimum atomic E-state index is -3.55. The molecule has 1 aromatic carbocycles.